The number of benzene rings is 2. The largest absolute Gasteiger partial charge is 0.444 e. The van der Waals surface area contributed by atoms with Crippen LogP contribution in [0.4, 0.5) is 4.79 Å². The van der Waals surface area contributed by atoms with Gasteiger partial charge in [0.25, 0.3) is 0 Å². The van der Waals surface area contributed by atoms with Gasteiger partial charge in [0.2, 0.25) is 17.7 Å². The summed E-state index contributed by atoms with van der Waals surface area (Å²) in [6, 6.07) is 13.4. The number of carbonyl (C=O) groups excluding carboxylic acids is 4. The maximum absolute atomic E-state index is 13.2. The molecule has 3 unspecified atom stereocenters. The van der Waals surface area contributed by atoms with Crippen molar-refractivity contribution in [2.24, 2.45) is 18.7 Å². The molecule has 4 atom stereocenters. The molecule has 2 fully saturated rings. The molecule has 2 aromatic carbocycles. The van der Waals surface area contributed by atoms with Crippen LogP contribution >= 0.6 is 0 Å². The van der Waals surface area contributed by atoms with Gasteiger partial charge >= 0.3 is 11.8 Å². The van der Waals surface area contributed by atoms with Crippen molar-refractivity contribution >= 4 is 34.8 Å². The number of primary amides is 1. The number of ether oxygens (including phenoxy) is 3. The molecule has 288 valence electrons. The van der Waals surface area contributed by atoms with Crippen molar-refractivity contribution in [3.05, 3.63) is 69.6 Å². The Kier molecular flexibility index (Phi) is 12.8. The number of nitrogens with zero attached hydrogens (tertiary/aromatic N) is 2. The van der Waals surface area contributed by atoms with Crippen molar-refractivity contribution in [1.82, 2.24) is 19.8 Å². The molecule has 13 nitrogen and oxygen atoms in total. The number of imide groups is 1. The Bertz CT molecular complexity index is 1840. The van der Waals surface area contributed by atoms with Crippen molar-refractivity contribution in [2.75, 3.05) is 13.2 Å². The highest BCUT2D eigenvalue weighted by atomic mass is 16.6. The summed E-state index contributed by atoms with van der Waals surface area (Å²) in [4.78, 5) is 61.5. The molecule has 0 bridgehead atoms. The molecular formula is C40H55N5O8. The standard InChI is InChI=1S/C40H55N5O8/c1-26(40(24-30(40)23-33(41)46)43-37(49)53-39(2,3)4)52-25-28-17-15-27(16-18-28)11-7-6-8-21-51-22-10-13-29-12-9-14-31-35(29)44(5)38(50)45(31)32-19-20-34(47)42-36(32)48/h9,12,14-18,26,30,32H,6-8,10-11,13,19-25H2,1-5H3,(H2,41,46)(H,43,49)(H,42,47,48)/t26-,30?,32?,40?/m1/s1. The average Bonchev–Trinajstić information content (AvgIpc) is 3.70. The smallest absolute Gasteiger partial charge is 0.408 e. The third-order valence-electron chi connectivity index (χ3n) is 10.3. The van der Waals surface area contributed by atoms with Gasteiger partial charge in [0.15, 0.2) is 0 Å². The lowest BCUT2D eigenvalue weighted by Gasteiger charge is -2.28. The summed E-state index contributed by atoms with van der Waals surface area (Å²) in [5, 5.41) is 5.33. The van der Waals surface area contributed by atoms with E-state index in [1.807, 2.05) is 25.1 Å². The highest BCUT2D eigenvalue weighted by molar-refractivity contribution is 6.00. The lowest BCUT2D eigenvalue weighted by atomic mass is 10.0. The minimum Gasteiger partial charge on any atom is -0.444 e. The molecule has 1 saturated heterocycles. The van der Waals surface area contributed by atoms with E-state index in [1.54, 1.807) is 32.4 Å². The second-order valence-electron chi connectivity index (χ2n) is 15.5. The monoisotopic (exact) mass is 733 g/mol. The molecule has 0 radical (unpaired) electrons. The van der Waals surface area contributed by atoms with E-state index < -0.39 is 35.1 Å². The summed E-state index contributed by atoms with van der Waals surface area (Å²) in [6.07, 6.45) is 6.02. The first-order chi connectivity index (χ1) is 25.2. The SMILES string of the molecule is C[C@@H](OCc1ccc(CCCCCOCCCc2cccc3c2n(C)c(=O)n3C2CCC(=O)NC2=O)cc1)C1(NC(=O)OC(C)(C)C)CC1CC(N)=O. The third kappa shape index (κ3) is 10.1. The number of carbonyl (C=O) groups is 4. The predicted octanol–water partition coefficient (Wildman–Crippen LogP) is 4.74. The number of imidazole rings is 1. The van der Waals surface area contributed by atoms with Crippen LogP contribution in [0.1, 0.15) is 102 Å². The number of fused-ring (bicyclic) bond motifs is 1. The molecule has 53 heavy (non-hydrogen) atoms. The van der Waals surface area contributed by atoms with Crippen LogP contribution in [0.2, 0.25) is 0 Å². The number of amides is 4. The molecule has 3 aromatic rings. The van der Waals surface area contributed by atoms with Gasteiger partial charge in [-0.15, -0.1) is 0 Å². The Balaban J connectivity index is 0.992. The average molecular weight is 734 g/mol. The molecule has 2 aliphatic rings. The summed E-state index contributed by atoms with van der Waals surface area (Å²) in [6.45, 7) is 9.01. The van der Waals surface area contributed by atoms with Crippen molar-refractivity contribution in [3.63, 3.8) is 0 Å². The molecular weight excluding hydrogens is 678 g/mol. The minimum atomic E-state index is -0.695. The van der Waals surface area contributed by atoms with Gasteiger partial charge in [-0.05, 0) is 101 Å². The lowest BCUT2D eigenvalue weighted by molar-refractivity contribution is -0.135. The zero-order valence-electron chi connectivity index (χ0n) is 31.7. The van der Waals surface area contributed by atoms with Crippen LogP contribution < -0.4 is 22.1 Å². The quantitative estimate of drug-likeness (QED) is 0.124. The number of aromatic nitrogens is 2. The van der Waals surface area contributed by atoms with Gasteiger partial charge in [-0.2, -0.15) is 0 Å². The number of nitrogens with one attached hydrogen (secondary N) is 2. The van der Waals surface area contributed by atoms with Gasteiger partial charge in [-0.3, -0.25) is 28.8 Å². The van der Waals surface area contributed by atoms with E-state index in [1.165, 1.54) is 10.1 Å². The van der Waals surface area contributed by atoms with E-state index in [4.69, 9.17) is 19.9 Å². The van der Waals surface area contributed by atoms with Crippen molar-refractivity contribution in [3.8, 4) is 0 Å². The normalized spacial score (nSPS) is 20.6. The van der Waals surface area contributed by atoms with Crippen molar-refractivity contribution in [1.29, 1.82) is 0 Å². The number of piperidine rings is 1. The fourth-order valence-electron chi connectivity index (χ4n) is 7.39. The summed E-state index contributed by atoms with van der Waals surface area (Å²) < 4.78 is 20.7. The summed E-state index contributed by atoms with van der Waals surface area (Å²) in [5.41, 5.74) is 8.69. The summed E-state index contributed by atoms with van der Waals surface area (Å²) in [7, 11) is 1.72. The maximum Gasteiger partial charge on any atom is 0.408 e. The fourth-order valence-corrected chi connectivity index (χ4v) is 7.39. The number of rotatable bonds is 18. The topological polar surface area (TPSA) is 173 Å². The zero-order chi connectivity index (χ0) is 38.3. The van der Waals surface area contributed by atoms with Crippen LogP contribution in [0, 0.1) is 5.92 Å². The number of alkyl carbamates (subject to hydrolysis) is 1. The van der Waals surface area contributed by atoms with E-state index in [2.05, 4.69) is 34.9 Å². The Labute approximate surface area is 310 Å². The molecule has 1 aliphatic heterocycles. The number of aryl methyl sites for hydroxylation is 3. The molecule has 2 heterocycles. The summed E-state index contributed by atoms with van der Waals surface area (Å²) in [5.74, 6) is -1.24. The van der Waals surface area contributed by atoms with E-state index in [-0.39, 0.29) is 36.5 Å². The number of unbranched alkanes of at least 4 members (excludes halogenated alkanes) is 2. The molecule has 1 saturated carbocycles. The molecule has 1 aliphatic carbocycles. The first-order valence-electron chi connectivity index (χ1n) is 18.8. The van der Waals surface area contributed by atoms with E-state index in [9.17, 15) is 24.0 Å². The number of nitrogens with two attached hydrogens (primary N) is 1. The van der Waals surface area contributed by atoms with Gasteiger partial charge in [0, 0.05) is 33.1 Å². The van der Waals surface area contributed by atoms with Gasteiger partial charge in [0.1, 0.15) is 11.6 Å². The molecule has 1 aromatic heterocycles. The van der Waals surface area contributed by atoms with Crippen LogP contribution in [0.15, 0.2) is 47.3 Å². The van der Waals surface area contributed by atoms with E-state index >= 15 is 0 Å². The molecule has 5 rings (SSSR count). The van der Waals surface area contributed by atoms with E-state index in [0.29, 0.717) is 38.2 Å². The van der Waals surface area contributed by atoms with Crippen LogP contribution in [-0.2, 0) is 55.1 Å². The first-order valence-corrected chi connectivity index (χ1v) is 18.8. The predicted molar refractivity (Wildman–Crippen MR) is 200 cm³/mol. The Morgan fingerprint density at radius 1 is 1.00 bits per heavy atom. The molecule has 0 spiro atoms. The van der Waals surface area contributed by atoms with Crippen LogP contribution in [0.5, 0.6) is 0 Å². The lowest BCUT2D eigenvalue weighted by Crippen LogP contribution is -2.49. The van der Waals surface area contributed by atoms with E-state index in [0.717, 1.165) is 55.2 Å². The Morgan fingerprint density at radius 3 is 2.42 bits per heavy atom. The number of para-hydroxylation sites is 1. The van der Waals surface area contributed by atoms with Crippen LogP contribution in [0.3, 0.4) is 0 Å². The third-order valence-corrected chi connectivity index (χ3v) is 10.3. The van der Waals surface area contributed by atoms with Crippen LogP contribution in [-0.4, -0.2) is 63.4 Å². The van der Waals surface area contributed by atoms with Crippen LogP contribution in [0.25, 0.3) is 11.0 Å². The first kappa shape index (κ1) is 39.7. The highest BCUT2D eigenvalue weighted by Crippen LogP contribution is 2.49. The van der Waals surface area contributed by atoms with Gasteiger partial charge < -0.3 is 25.3 Å². The second kappa shape index (κ2) is 17.1. The maximum atomic E-state index is 13.2. The van der Waals surface area contributed by atoms with Gasteiger partial charge in [-0.25, -0.2) is 9.59 Å². The zero-order valence-corrected chi connectivity index (χ0v) is 31.7. The minimum absolute atomic E-state index is 0.0950. The fraction of sp³-hybridized carbons (Fsp3) is 0.575. The van der Waals surface area contributed by atoms with Gasteiger partial charge in [0.05, 0.1) is 29.3 Å². The second-order valence-corrected chi connectivity index (χ2v) is 15.5. The molecule has 4 amide bonds. The Morgan fingerprint density at radius 2 is 1.72 bits per heavy atom. The number of hydrogen-bond donors (Lipinski definition) is 3. The van der Waals surface area contributed by atoms with Crippen molar-refractivity contribution in [2.45, 2.75) is 122 Å². The van der Waals surface area contributed by atoms with Crippen molar-refractivity contribution < 1.29 is 33.4 Å². The number of hydrogen-bond acceptors (Lipinski definition) is 8. The molecule has 4 N–H and O–H groups in total. The summed E-state index contributed by atoms with van der Waals surface area (Å²) >= 11 is 0. The molecule has 13 heteroatoms. The Hall–Kier alpha value is -4.49. The van der Waals surface area contributed by atoms with Gasteiger partial charge in [-0.1, -0.05) is 42.8 Å². The highest BCUT2D eigenvalue weighted by Gasteiger charge is 2.60.